The summed E-state index contributed by atoms with van der Waals surface area (Å²) in [5, 5.41) is 0. The van der Waals surface area contributed by atoms with Crippen molar-refractivity contribution in [2.45, 2.75) is 6.92 Å². The topological polar surface area (TPSA) is 52.6 Å². The first-order valence-electron chi connectivity index (χ1n) is 2.25. The molecule has 0 bridgehead atoms. The Hall–Kier alpha value is -1.06. The predicted octanol–water partition coefficient (Wildman–Crippen LogP) is -0.116. The van der Waals surface area contributed by atoms with E-state index in [1.807, 2.05) is 0 Å². The molecular formula is C5H7O4. The number of rotatable bonds is 2. The molecule has 0 saturated heterocycles. The number of carbonyl (C=O) groups is 2. The molecule has 0 unspecified atom stereocenters. The molecule has 0 N–H and O–H groups in total. The summed E-state index contributed by atoms with van der Waals surface area (Å²) in [5.74, 6) is -1.22. The van der Waals surface area contributed by atoms with Crippen molar-refractivity contribution >= 4 is 11.9 Å². The van der Waals surface area contributed by atoms with E-state index in [1.165, 1.54) is 14.0 Å². The monoisotopic (exact) mass is 131 g/mol. The standard InChI is InChI=1S/C5H7O4/c1-4(6)9-3-5(7)8-2/h3H,1-2H3. The van der Waals surface area contributed by atoms with Gasteiger partial charge in [-0.3, -0.25) is 4.79 Å². The molecule has 1 radical (unpaired) electrons. The van der Waals surface area contributed by atoms with Gasteiger partial charge in [-0.25, -0.2) is 4.79 Å². The number of methoxy groups -OCH3 is 1. The van der Waals surface area contributed by atoms with Gasteiger partial charge in [-0.2, -0.15) is 0 Å². The molecule has 0 saturated carbocycles. The van der Waals surface area contributed by atoms with Gasteiger partial charge in [-0.05, 0) is 0 Å². The molecule has 0 heterocycles. The number of carbonyl (C=O) groups excluding carboxylic acids is 2. The maximum absolute atomic E-state index is 10.2. The summed E-state index contributed by atoms with van der Waals surface area (Å²) >= 11 is 0. The van der Waals surface area contributed by atoms with Crippen molar-refractivity contribution in [2.24, 2.45) is 0 Å². The highest BCUT2D eigenvalue weighted by atomic mass is 16.6. The lowest BCUT2D eigenvalue weighted by Crippen LogP contribution is -2.06. The predicted molar refractivity (Wildman–Crippen MR) is 28.1 cm³/mol. The van der Waals surface area contributed by atoms with E-state index in [1.54, 1.807) is 0 Å². The summed E-state index contributed by atoms with van der Waals surface area (Å²) < 4.78 is 8.28. The zero-order chi connectivity index (χ0) is 7.28. The molecule has 0 aromatic heterocycles. The third-order valence-electron chi connectivity index (χ3n) is 0.522. The summed E-state index contributed by atoms with van der Waals surface area (Å²) in [7, 11) is 1.20. The molecule has 4 heteroatoms. The highest BCUT2D eigenvalue weighted by Gasteiger charge is 2.02. The summed E-state index contributed by atoms with van der Waals surface area (Å²) in [6.07, 6.45) is 0. The third-order valence-corrected chi connectivity index (χ3v) is 0.522. The van der Waals surface area contributed by atoms with Gasteiger partial charge >= 0.3 is 11.9 Å². The molecule has 4 nitrogen and oxygen atoms in total. The number of hydrogen-bond acceptors (Lipinski definition) is 4. The zero-order valence-electron chi connectivity index (χ0n) is 5.21. The van der Waals surface area contributed by atoms with E-state index in [4.69, 9.17) is 0 Å². The number of ether oxygens (including phenoxy) is 2. The van der Waals surface area contributed by atoms with Crippen LogP contribution < -0.4 is 0 Å². The fourth-order valence-electron chi connectivity index (χ4n) is 0.179. The van der Waals surface area contributed by atoms with Gasteiger partial charge in [0.05, 0.1) is 7.11 Å². The van der Waals surface area contributed by atoms with Gasteiger partial charge in [-0.1, -0.05) is 0 Å². The largest absolute Gasteiger partial charge is 0.466 e. The second kappa shape index (κ2) is 3.88. The van der Waals surface area contributed by atoms with Crippen LogP contribution in [0.3, 0.4) is 0 Å². The van der Waals surface area contributed by atoms with Crippen LogP contribution in [0.15, 0.2) is 0 Å². The molecule has 0 aromatic carbocycles. The van der Waals surface area contributed by atoms with E-state index in [0.29, 0.717) is 6.61 Å². The SMILES string of the molecule is COC(=O)[CH]OC(C)=O. The Morgan fingerprint density at radius 1 is 1.44 bits per heavy atom. The Bertz CT molecular complexity index is 118. The highest BCUT2D eigenvalue weighted by Crippen LogP contribution is 1.84. The van der Waals surface area contributed by atoms with Crippen LogP contribution >= 0.6 is 0 Å². The summed E-state index contributed by atoms with van der Waals surface area (Å²) in [5.41, 5.74) is 0. The molecule has 0 amide bonds. The van der Waals surface area contributed by atoms with Gasteiger partial charge in [-0.15, -0.1) is 0 Å². The molecule has 0 aromatic rings. The molecule has 0 aliphatic rings. The first-order valence-corrected chi connectivity index (χ1v) is 2.25. The zero-order valence-corrected chi connectivity index (χ0v) is 5.21. The molecule has 0 fully saturated rings. The summed E-state index contributed by atoms with van der Waals surface area (Å²) in [4.78, 5) is 20.2. The minimum atomic E-state index is -0.676. The molecule has 0 rings (SSSR count). The molecule has 0 atom stereocenters. The lowest BCUT2D eigenvalue weighted by atomic mass is 10.7. The second-order valence-corrected chi connectivity index (χ2v) is 1.25. The molecule has 0 aliphatic heterocycles. The fourth-order valence-corrected chi connectivity index (χ4v) is 0.179. The van der Waals surface area contributed by atoms with Gasteiger partial charge < -0.3 is 9.47 Å². The number of hydrogen-bond donors (Lipinski definition) is 0. The minimum absolute atomic E-state index is 0.541. The Morgan fingerprint density at radius 3 is 2.33 bits per heavy atom. The maximum atomic E-state index is 10.2. The van der Waals surface area contributed by atoms with E-state index in [0.717, 1.165) is 0 Å². The minimum Gasteiger partial charge on any atom is -0.466 e. The van der Waals surface area contributed by atoms with Gasteiger partial charge in [0.1, 0.15) is 0 Å². The lowest BCUT2D eigenvalue weighted by molar-refractivity contribution is -0.149. The average molecular weight is 131 g/mol. The summed E-state index contributed by atoms with van der Waals surface area (Å²) in [6.45, 7) is 1.90. The quantitative estimate of drug-likeness (QED) is 0.490. The van der Waals surface area contributed by atoms with Crippen LogP contribution in [-0.4, -0.2) is 19.0 Å². The molecule has 9 heavy (non-hydrogen) atoms. The Balaban J connectivity index is 3.28. The molecule has 0 spiro atoms. The van der Waals surface area contributed by atoms with Crippen molar-refractivity contribution in [1.82, 2.24) is 0 Å². The third kappa shape index (κ3) is 4.80. The first kappa shape index (κ1) is 7.94. The van der Waals surface area contributed by atoms with E-state index in [-0.39, 0.29) is 0 Å². The highest BCUT2D eigenvalue weighted by molar-refractivity contribution is 5.80. The second-order valence-electron chi connectivity index (χ2n) is 1.25. The van der Waals surface area contributed by atoms with Crippen LogP contribution in [0.1, 0.15) is 6.92 Å². The normalized spacial score (nSPS) is 8.22. The first-order chi connectivity index (χ1) is 4.16. The molecule has 51 valence electrons. The summed E-state index contributed by atoms with van der Waals surface area (Å²) in [6, 6.07) is 0. The van der Waals surface area contributed by atoms with Crippen molar-refractivity contribution in [3.8, 4) is 0 Å². The van der Waals surface area contributed by atoms with Gasteiger partial charge in [0, 0.05) is 6.92 Å². The van der Waals surface area contributed by atoms with E-state index >= 15 is 0 Å². The van der Waals surface area contributed by atoms with Crippen LogP contribution in [0.4, 0.5) is 0 Å². The van der Waals surface area contributed by atoms with E-state index in [2.05, 4.69) is 9.47 Å². The van der Waals surface area contributed by atoms with Crippen molar-refractivity contribution in [1.29, 1.82) is 0 Å². The van der Waals surface area contributed by atoms with Gasteiger partial charge in [0.25, 0.3) is 0 Å². The van der Waals surface area contributed by atoms with Crippen molar-refractivity contribution in [3.63, 3.8) is 0 Å². The Labute approximate surface area is 52.7 Å². The lowest BCUT2D eigenvalue weighted by Gasteiger charge is -1.95. The Kier molecular flexibility index (Phi) is 3.43. The van der Waals surface area contributed by atoms with Crippen LogP contribution in [-0.2, 0) is 19.1 Å². The van der Waals surface area contributed by atoms with Crippen molar-refractivity contribution < 1.29 is 19.1 Å². The van der Waals surface area contributed by atoms with Crippen LogP contribution in [0.25, 0.3) is 0 Å². The van der Waals surface area contributed by atoms with Gasteiger partial charge in [0.2, 0.25) is 6.61 Å². The average Bonchev–Trinajstić information content (AvgIpc) is 1.83. The van der Waals surface area contributed by atoms with Crippen LogP contribution in [0.2, 0.25) is 0 Å². The smallest absolute Gasteiger partial charge is 0.351 e. The fraction of sp³-hybridized carbons (Fsp3) is 0.400. The van der Waals surface area contributed by atoms with Crippen molar-refractivity contribution in [3.05, 3.63) is 6.61 Å². The van der Waals surface area contributed by atoms with Crippen LogP contribution in [0, 0.1) is 6.61 Å². The van der Waals surface area contributed by atoms with E-state index < -0.39 is 11.9 Å². The van der Waals surface area contributed by atoms with Gasteiger partial charge in [0.15, 0.2) is 0 Å². The van der Waals surface area contributed by atoms with E-state index in [9.17, 15) is 9.59 Å². The molecular weight excluding hydrogens is 124 g/mol. The van der Waals surface area contributed by atoms with Crippen molar-refractivity contribution in [2.75, 3.05) is 7.11 Å². The molecule has 0 aliphatic carbocycles. The Morgan fingerprint density at radius 2 is 2.00 bits per heavy atom. The van der Waals surface area contributed by atoms with Crippen LogP contribution in [0.5, 0.6) is 0 Å². The maximum Gasteiger partial charge on any atom is 0.351 e. The number of esters is 2.